The second-order valence-corrected chi connectivity index (χ2v) is 3.28. The van der Waals surface area contributed by atoms with E-state index < -0.39 is 23.3 Å². The molecule has 7 heteroatoms. The van der Waals surface area contributed by atoms with Crippen molar-refractivity contribution in [2.24, 2.45) is 0 Å². The van der Waals surface area contributed by atoms with Crippen molar-refractivity contribution < 1.29 is 22.3 Å². The maximum Gasteiger partial charge on any atom is 0.416 e. The van der Waals surface area contributed by atoms with E-state index in [9.17, 15) is 17.6 Å². The van der Waals surface area contributed by atoms with Gasteiger partial charge in [0.05, 0.1) is 5.56 Å². The number of halogens is 4. The molecule has 0 spiro atoms. The lowest BCUT2D eigenvalue weighted by Crippen LogP contribution is -2.05. The molecule has 1 aromatic heterocycles. The minimum absolute atomic E-state index is 0.226. The molecule has 0 radical (unpaired) electrons. The molecule has 94 valence electrons. The van der Waals surface area contributed by atoms with Crippen LogP contribution >= 0.6 is 0 Å². The number of hydrogen-bond acceptors (Lipinski definition) is 3. The van der Waals surface area contributed by atoms with Crippen molar-refractivity contribution in [2.45, 2.75) is 6.18 Å². The first-order valence-corrected chi connectivity index (χ1v) is 4.78. The van der Waals surface area contributed by atoms with Crippen LogP contribution in [-0.4, -0.2) is 9.97 Å². The summed E-state index contributed by atoms with van der Waals surface area (Å²) in [5, 5.41) is 0. The van der Waals surface area contributed by atoms with Gasteiger partial charge in [0, 0.05) is 12.4 Å². The van der Waals surface area contributed by atoms with Crippen molar-refractivity contribution in [3.8, 4) is 11.8 Å². The van der Waals surface area contributed by atoms with Gasteiger partial charge in [-0.15, -0.1) is 0 Å². The molecular formula is C11H6F4N2O. The molecule has 1 aromatic carbocycles. The predicted molar refractivity (Wildman–Crippen MR) is 53.5 cm³/mol. The normalized spacial score (nSPS) is 11.3. The lowest BCUT2D eigenvalue weighted by molar-refractivity contribution is -0.137. The van der Waals surface area contributed by atoms with Crippen LogP contribution in [0.3, 0.4) is 0 Å². The topological polar surface area (TPSA) is 35.0 Å². The Labute approximate surface area is 99.1 Å². The van der Waals surface area contributed by atoms with Crippen molar-refractivity contribution in [1.82, 2.24) is 9.97 Å². The third-order valence-corrected chi connectivity index (χ3v) is 2.00. The Bertz CT molecular complexity index is 542. The van der Waals surface area contributed by atoms with Crippen LogP contribution in [0.5, 0.6) is 11.8 Å². The van der Waals surface area contributed by atoms with Crippen molar-refractivity contribution in [3.05, 3.63) is 48.0 Å². The second-order valence-electron chi connectivity index (χ2n) is 3.28. The van der Waals surface area contributed by atoms with Gasteiger partial charge in [-0.05, 0) is 24.3 Å². The molecule has 0 N–H and O–H groups in total. The van der Waals surface area contributed by atoms with Gasteiger partial charge in [-0.1, -0.05) is 0 Å². The smallest absolute Gasteiger partial charge is 0.416 e. The van der Waals surface area contributed by atoms with Gasteiger partial charge in [-0.25, -0.2) is 14.4 Å². The molecule has 18 heavy (non-hydrogen) atoms. The van der Waals surface area contributed by atoms with E-state index in [4.69, 9.17) is 4.74 Å². The first-order chi connectivity index (χ1) is 8.47. The number of hydrogen-bond donors (Lipinski definition) is 0. The van der Waals surface area contributed by atoms with Crippen molar-refractivity contribution in [1.29, 1.82) is 0 Å². The fourth-order valence-electron chi connectivity index (χ4n) is 1.19. The van der Waals surface area contributed by atoms with Gasteiger partial charge in [0.15, 0.2) is 11.6 Å². The van der Waals surface area contributed by atoms with Crippen molar-refractivity contribution in [2.75, 3.05) is 0 Å². The third-order valence-electron chi connectivity index (χ3n) is 2.00. The highest BCUT2D eigenvalue weighted by Crippen LogP contribution is 2.33. The Morgan fingerprint density at radius 1 is 1.06 bits per heavy atom. The molecular weight excluding hydrogens is 252 g/mol. The Balaban J connectivity index is 2.33. The van der Waals surface area contributed by atoms with Crippen LogP contribution in [0.15, 0.2) is 36.7 Å². The van der Waals surface area contributed by atoms with E-state index >= 15 is 0 Å². The Morgan fingerprint density at radius 3 is 2.33 bits per heavy atom. The number of aromatic nitrogens is 2. The molecule has 0 saturated heterocycles. The second kappa shape index (κ2) is 4.59. The minimum Gasteiger partial charge on any atom is -0.421 e. The summed E-state index contributed by atoms with van der Waals surface area (Å²) in [6.07, 6.45) is -1.91. The van der Waals surface area contributed by atoms with Crippen LogP contribution in [0.1, 0.15) is 5.56 Å². The number of alkyl halides is 3. The van der Waals surface area contributed by atoms with Crippen LogP contribution in [0.25, 0.3) is 0 Å². The van der Waals surface area contributed by atoms with Crippen LogP contribution in [0, 0.1) is 5.82 Å². The average molecular weight is 258 g/mol. The van der Waals surface area contributed by atoms with Crippen LogP contribution in [0.2, 0.25) is 0 Å². The summed E-state index contributed by atoms with van der Waals surface area (Å²) in [5.74, 6) is -1.49. The van der Waals surface area contributed by atoms with E-state index in [-0.39, 0.29) is 6.01 Å². The number of ether oxygens (including phenoxy) is 1. The third kappa shape index (κ3) is 2.73. The molecule has 0 aliphatic carbocycles. The minimum atomic E-state index is -4.57. The van der Waals surface area contributed by atoms with Gasteiger partial charge in [0.25, 0.3) is 0 Å². The van der Waals surface area contributed by atoms with Crippen LogP contribution in [0.4, 0.5) is 17.6 Å². The highest BCUT2D eigenvalue weighted by atomic mass is 19.4. The summed E-state index contributed by atoms with van der Waals surface area (Å²) in [4.78, 5) is 7.25. The Kier molecular flexibility index (Phi) is 3.14. The number of benzene rings is 1. The maximum atomic E-state index is 13.3. The van der Waals surface area contributed by atoms with Gasteiger partial charge < -0.3 is 4.74 Å². The Morgan fingerprint density at radius 2 is 1.72 bits per heavy atom. The number of rotatable bonds is 2. The molecule has 2 rings (SSSR count). The standard InChI is InChI=1S/C11H6F4N2O/c12-8-3-2-7(11(13,14)15)6-9(8)18-10-16-4-1-5-17-10/h1-6H. The molecule has 0 aliphatic rings. The molecule has 0 atom stereocenters. The SMILES string of the molecule is Fc1ccc(C(F)(F)F)cc1Oc1ncccn1. The summed E-state index contributed by atoms with van der Waals surface area (Å²) >= 11 is 0. The summed E-state index contributed by atoms with van der Waals surface area (Å²) in [5.41, 5.74) is -1.00. The van der Waals surface area contributed by atoms with E-state index in [1.165, 1.54) is 18.5 Å². The lowest BCUT2D eigenvalue weighted by Gasteiger charge is -2.09. The van der Waals surface area contributed by atoms with Gasteiger partial charge in [0.2, 0.25) is 0 Å². The Hall–Kier alpha value is -2.18. The molecule has 0 fully saturated rings. The molecule has 0 aliphatic heterocycles. The van der Waals surface area contributed by atoms with E-state index in [2.05, 4.69) is 9.97 Å². The van der Waals surface area contributed by atoms with Crippen LogP contribution in [-0.2, 0) is 6.18 Å². The summed E-state index contributed by atoms with van der Waals surface area (Å²) in [7, 11) is 0. The highest BCUT2D eigenvalue weighted by molar-refractivity contribution is 5.33. The highest BCUT2D eigenvalue weighted by Gasteiger charge is 2.31. The van der Waals surface area contributed by atoms with Crippen molar-refractivity contribution in [3.63, 3.8) is 0 Å². The molecule has 0 amide bonds. The summed E-state index contributed by atoms with van der Waals surface area (Å²) in [6, 6.07) is 3.15. The average Bonchev–Trinajstić information content (AvgIpc) is 2.32. The largest absolute Gasteiger partial charge is 0.421 e. The monoisotopic (exact) mass is 258 g/mol. The molecule has 2 aromatic rings. The first-order valence-electron chi connectivity index (χ1n) is 4.78. The molecule has 0 bridgehead atoms. The van der Waals surface area contributed by atoms with Gasteiger partial charge in [-0.3, -0.25) is 0 Å². The fraction of sp³-hybridized carbons (Fsp3) is 0.0909. The zero-order valence-corrected chi connectivity index (χ0v) is 8.78. The zero-order chi connectivity index (χ0) is 13.2. The predicted octanol–water partition coefficient (Wildman–Crippen LogP) is 3.43. The molecule has 3 nitrogen and oxygen atoms in total. The van der Waals surface area contributed by atoms with E-state index in [0.29, 0.717) is 18.2 Å². The van der Waals surface area contributed by atoms with Crippen molar-refractivity contribution >= 4 is 0 Å². The summed E-state index contributed by atoms with van der Waals surface area (Å²) in [6.45, 7) is 0. The molecule has 0 unspecified atom stereocenters. The van der Waals surface area contributed by atoms with Gasteiger partial charge >= 0.3 is 12.2 Å². The molecule has 1 heterocycles. The molecule has 0 saturated carbocycles. The van der Waals surface area contributed by atoms with E-state index in [0.717, 1.165) is 0 Å². The van der Waals surface area contributed by atoms with Gasteiger partial charge in [-0.2, -0.15) is 13.2 Å². The van der Waals surface area contributed by atoms with E-state index in [1.807, 2.05) is 0 Å². The summed E-state index contributed by atoms with van der Waals surface area (Å²) < 4.78 is 55.4. The van der Waals surface area contributed by atoms with Crippen LogP contribution < -0.4 is 4.74 Å². The lowest BCUT2D eigenvalue weighted by atomic mass is 10.2. The number of nitrogens with zero attached hydrogens (tertiary/aromatic N) is 2. The van der Waals surface area contributed by atoms with E-state index in [1.54, 1.807) is 0 Å². The quantitative estimate of drug-likeness (QED) is 0.774. The maximum absolute atomic E-state index is 13.3. The van der Waals surface area contributed by atoms with Gasteiger partial charge in [0.1, 0.15) is 0 Å². The fourth-order valence-corrected chi connectivity index (χ4v) is 1.19. The first kappa shape index (κ1) is 12.3. The zero-order valence-electron chi connectivity index (χ0n) is 8.78.